The van der Waals surface area contributed by atoms with Crippen LogP contribution in [0, 0.1) is 0 Å². The standard InChI is InChI=1S/C16H25Cl2NO2/c1-4-16(5-2,6-3)19-10-12(20)11-21-15-13(17)8-7-9-14(15)18/h7-9,12,19-20H,4-6,10-11H2,1-3H3. The number of benzene rings is 1. The Morgan fingerprint density at radius 1 is 1.14 bits per heavy atom. The number of ether oxygens (including phenoxy) is 1. The van der Waals surface area contributed by atoms with Gasteiger partial charge in [-0.15, -0.1) is 0 Å². The van der Waals surface area contributed by atoms with Gasteiger partial charge in [-0.05, 0) is 31.4 Å². The summed E-state index contributed by atoms with van der Waals surface area (Å²) in [6.07, 6.45) is 2.49. The summed E-state index contributed by atoms with van der Waals surface area (Å²) in [7, 11) is 0. The smallest absolute Gasteiger partial charge is 0.156 e. The van der Waals surface area contributed by atoms with Gasteiger partial charge in [0.25, 0.3) is 0 Å². The third-order valence-corrected chi connectivity index (χ3v) is 4.68. The molecule has 0 amide bonds. The monoisotopic (exact) mass is 333 g/mol. The van der Waals surface area contributed by atoms with Gasteiger partial charge in [-0.1, -0.05) is 50.0 Å². The highest BCUT2D eigenvalue weighted by Crippen LogP contribution is 2.32. The van der Waals surface area contributed by atoms with Crippen molar-refractivity contribution < 1.29 is 9.84 Å². The summed E-state index contributed by atoms with van der Waals surface area (Å²) in [4.78, 5) is 0. The van der Waals surface area contributed by atoms with Gasteiger partial charge in [0.15, 0.2) is 5.75 Å². The molecule has 0 aliphatic heterocycles. The van der Waals surface area contributed by atoms with Gasteiger partial charge in [0.1, 0.15) is 12.7 Å². The van der Waals surface area contributed by atoms with Crippen molar-refractivity contribution in [3.8, 4) is 5.75 Å². The molecule has 0 fully saturated rings. The van der Waals surface area contributed by atoms with Crippen molar-refractivity contribution in [1.29, 1.82) is 0 Å². The Balaban J connectivity index is 2.49. The summed E-state index contributed by atoms with van der Waals surface area (Å²) < 4.78 is 5.54. The quantitative estimate of drug-likeness (QED) is 0.708. The lowest BCUT2D eigenvalue weighted by molar-refractivity contribution is 0.0943. The molecule has 0 saturated heterocycles. The predicted octanol–water partition coefficient (Wildman–Crippen LogP) is 4.29. The molecule has 3 nitrogen and oxygen atoms in total. The average Bonchev–Trinajstić information content (AvgIpc) is 2.49. The number of β-amino-alcohol motifs (C(OH)–C–C–N with tert-alkyl or cyclic N) is 1. The number of rotatable bonds is 9. The van der Waals surface area contributed by atoms with Crippen LogP contribution >= 0.6 is 23.2 Å². The van der Waals surface area contributed by atoms with Gasteiger partial charge >= 0.3 is 0 Å². The van der Waals surface area contributed by atoms with Crippen molar-refractivity contribution in [2.75, 3.05) is 13.2 Å². The zero-order chi connectivity index (χ0) is 15.9. The summed E-state index contributed by atoms with van der Waals surface area (Å²) in [5, 5.41) is 14.4. The van der Waals surface area contributed by atoms with Gasteiger partial charge in [-0.3, -0.25) is 0 Å². The molecule has 1 unspecified atom stereocenters. The van der Waals surface area contributed by atoms with Crippen LogP contribution in [0.15, 0.2) is 18.2 Å². The molecule has 0 aromatic heterocycles. The summed E-state index contributed by atoms with van der Waals surface area (Å²) in [5.41, 5.74) is 0.0863. The Bertz CT molecular complexity index is 408. The minimum Gasteiger partial charge on any atom is -0.488 e. The number of aliphatic hydroxyl groups excluding tert-OH is 1. The lowest BCUT2D eigenvalue weighted by atomic mass is 9.90. The summed E-state index contributed by atoms with van der Waals surface area (Å²) in [5.74, 6) is 0.424. The largest absolute Gasteiger partial charge is 0.488 e. The molecule has 0 aliphatic rings. The minimum atomic E-state index is -0.610. The van der Waals surface area contributed by atoms with Crippen molar-refractivity contribution in [2.45, 2.75) is 51.7 Å². The van der Waals surface area contributed by atoms with E-state index in [0.717, 1.165) is 19.3 Å². The summed E-state index contributed by atoms with van der Waals surface area (Å²) in [6.45, 7) is 7.12. The fourth-order valence-electron chi connectivity index (χ4n) is 2.32. The maximum absolute atomic E-state index is 10.1. The predicted molar refractivity (Wildman–Crippen MR) is 89.6 cm³/mol. The normalized spacial score (nSPS) is 13.2. The molecule has 1 aromatic carbocycles. The second-order valence-electron chi connectivity index (χ2n) is 5.24. The van der Waals surface area contributed by atoms with Crippen LogP contribution < -0.4 is 10.1 Å². The Morgan fingerprint density at radius 2 is 1.67 bits per heavy atom. The van der Waals surface area contributed by atoms with Crippen molar-refractivity contribution in [3.05, 3.63) is 28.2 Å². The van der Waals surface area contributed by atoms with Gasteiger partial charge < -0.3 is 15.2 Å². The molecule has 0 spiro atoms. The third-order valence-electron chi connectivity index (χ3n) is 4.08. The van der Waals surface area contributed by atoms with Crippen molar-refractivity contribution in [1.82, 2.24) is 5.32 Å². The van der Waals surface area contributed by atoms with Crippen LogP contribution in [0.25, 0.3) is 0 Å². The van der Waals surface area contributed by atoms with E-state index in [1.54, 1.807) is 18.2 Å². The fourth-order valence-corrected chi connectivity index (χ4v) is 2.82. The van der Waals surface area contributed by atoms with E-state index in [1.807, 2.05) is 0 Å². The van der Waals surface area contributed by atoms with Crippen molar-refractivity contribution >= 4 is 23.2 Å². The number of hydrogen-bond donors (Lipinski definition) is 2. The molecule has 1 atom stereocenters. The van der Waals surface area contributed by atoms with Crippen LogP contribution in [-0.2, 0) is 0 Å². The molecule has 0 saturated carbocycles. The Labute approximate surface area is 137 Å². The summed E-state index contributed by atoms with van der Waals surface area (Å²) >= 11 is 12.0. The number of halogens is 2. The minimum absolute atomic E-state index is 0.0863. The highest BCUT2D eigenvalue weighted by atomic mass is 35.5. The Hall–Kier alpha value is -0.480. The molecule has 120 valence electrons. The molecule has 2 N–H and O–H groups in total. The second-order valence-corrected chi connectivity index (χ2v) is 6.05. The fraction of sp³-hybridized carbons (Fsp3) is 0.625. The molecule has 1 rings (SSSR count). The Kier molecular flexibility index (Phi) is 7.82. The van der Waals surface area contributed by atoms with Crippen LogP contribution in [0.3, 0.4) is 0 Å². The molecular formula is C16H25Cl2NO2. The zero-order valence-corrected chi connectivity index (χ0v) is 14.5. The first-order chi connectivity index (χ1) is 9.98. The van der Waals surface area contributed by atoms with Crippen molar-refractivity contribution in [3.63, 3.8) is 0 Å². The Morgan fingerprint density at radius 3 is 2.14 bits per heavy atom. The van der Waals surface area contributed by atoms with Gasteiger partial charge in [0.05, 0.1) is 10.0 Å². The highest BCUT2D eigenvalue weighted by Gasteiger charge is 2.24. The number of hydrogen-bond acceptors (Lipinski definition) is 3. The van der Waals surface area contributed by atoms with Crippen molar-refractivity contribution in [2.24, 2.45) is 0 Å². The van der Waals surface area contributed by atoms with E-state index >= 15 is 0 Å². The first-order valence-electron chi connectivity index (χ1n) is 7.48. The van der Waals surface area contributed by atoms with E-state index in [1.165, 1.54) is 0 Å². The molecule has 0 radical (unpaired) electrons. The average molecular weight is 334 g/mol. The molecule has 5 heteroatoms. The number of aliphatic hydroxyl groups is 1. The van der Waals surface area contributed by atoms with E-state index in [0.29, 0.717) is 22.3 Å². The van der Waals surface area contributed by atoms with Crippen LogP contribution in [0.5, 0.6) is 5.75 Å². The van der Waals surface area contributed by atoms with Gasteiger partial charge in [-0.2, -0.15) is 0 Å². The topological polar surface area (TPSA) is 41.5 Å². The van der Waals surface area contributed by atoms with Gasteiger partial charge in [-0.25, -0.2) is 0 Å². The zero-order valence-electron chi connectivity index (χ0n) is 13.0. The van der Waals surface area contributed by atoms with Crippen LogP contribution in [0.4, 0.5) is 0 Å². The van der Waals surface area contributed by atoms with Gasteiger partial charge in [0, 0.05) is 12.1 Å². The van der Waals surface area contributed by atoms with E-state index in [4.69, 9.17) is 27.9 Å². The molecule has 0 aliphatic carbocycles. The lowest BCUT2D eigenvalue weighted by Gasteiger charge is -2.33. The molecule has 1 aromatic rings. The second kappa shape index (κ2) is 8.84. The third kappa shape index (κ3) is 5.33. The van der Waals surface area contributed by atoms with E-state index < -0.39 is 6.10 Å². The SMILES string of the molecule is CCC(CC)(CC)NCC(O)COc1c(Cl)cccc1Cl. The van der Waals surface area contributed by atoms with Crippen LogP contribution in [-0.4, -0.2) is 29.9 Å². The number of para-hydroxylation sites is 1. The van der Waals surface area contributed by atoms with Gasteiger partial charge in [0.2, 0.25) is 0 Å². The first kappa shape index (κ1) is 18.6. The summed E-state index contributed by atoms with van der Waals surface area (Å²) in [6, 6.07) is 5.18. The molecule has 0 heterocycles. The van der Waals surface area contributed by atoms with E-state index in [9.17, 15) is 5.11 Å². The molecular weight excluding hydrogens is 309 g/mol. The molecule has 0 bridgehead atoms. The van der Waals surface area contributed by atoms with E-state index in [-0.39, 0.29) is 12.1 Å². The maximum Gasteiger partial charge on any atom is 0.156 e. The highest BCUT2D eigenvalue weighted by molar-refractivity contribution is 6.37. The van der Waals surface area contributed by atoms with E-state index in [2.05, 4.69) is 26.1 Å². The van der Waals surface area contributed by atoms with Crippen LogP contribution in [0.1, 0.15) is 40.0 Å². The maximum atomic E-state index is 10.1. The molecule has 21 heavy (non-hydrogen) atoms. The van der Waals surface area contributed by atoms with Crippen LogP contribution in [0.2, 0.25) is 10.0 Å². The first-order valence-corrected chi connectivity index (χ1v) is 8.23. The lowest BCUT2D eigenvalue weighted by Crippen LogP contribution is -2.47. The number of nitrogens with one attached hydrogen (secondary N) is 1.